The molecule has 0 aromatic rings. The minimum absolute atomic E-state index is 0.000944. The van der Waals surface area contributed by atoms with Gasteiger partial charge in [0.15, 0.2) is 11.6 Å². The molecule has 7 atom stereocenters. The second kappa shape index (κ2) is 7.23. The molecular formula is C27H32O7. The van der Waals surface area contributed by atoms with Gasteiger partial charge < -0.3 is 14.6 Å². The summed E-state index contributed by atoms with van der Waals surface area (Å²) in [6.45, 7) is 9.51. The maximum Gasteiger partial charge on any atom is 0.333 e. The van der Waals surface area contributed by atoms with Crippen molar-refractivity contribution in [2.75, 3.05) is 0 Å². The molecule has 0 spiro atoms. The van der Waals surface area contributed by atoms with Gasteiger partial charge in [-0.1, -0.05) is 39.3 Å². The number of rotatable bonds is 2. The molecule has 1 N–H and O–H groups in total. The van der Waals surface area contributed by atoms with Crippen molar-refractivity contribution in [1.82, 2.24) is 0 Å². The van der Waals surface area contributed by atoms with Gasteiger partial charge >= 0.3 is 11.9 Å². The molecule has 5 rings (SSSR count). The normalized spacial score (nSPS) is 42.6. The third-order valence-electron chi connectivity index (χ3n) is 9.65. The van der Waals surface area contributed by atoms with Gasteiger partial charge in [-0.05, 0) is 42.6 Å². The van der Waals surface area contributed by atoms with E-state index in [2.05, 4.69) is 13.8 Å². The maximum atomic E-state index is 13.7. The van der Waals surface area contributed by atoms with Crippen LogP contribution in [0.3, 0.4) is 0 Å². The molecule has 1 heterocycles. The molecule has 0 saturated heterocycles. The van der Waals surface area contributed by atoms with E-state index < -0.39 is 34.6 Å². The molecule has 182 valence electrons. The number of hydrogen-bond acceptors (Lipinski definition) is 7. The summed E-state index contributed by atoms with van der Waals surface area (Å²) < 4.78 is 10.9. The number of carbonyl (C=O) groups is 4. The third kappa shape index (κ3) is 2.92. The first-order chi connectivity index (χ1) is 15.8. The number of ketones is 2. The summed E-state index contributed by atoms with van der Waals surface area (Å²) in [5.74, 6) is -1.56. The Hall–Kier alpha value is -2.54. The zero-order valence-electron chi connectivity index (χ0n) is 20.3. The Labute approximate surface area is 199 Å². The summed E-state index contributed by atoms with van der Waals surface area (Å²) in [5.41, 5.74) is 0.344. The topological polar surface area (TPSA) is 107 Å². The van der Waals surface area contributed by atoms with Crippen molar-refractivity contribution in [3.8, 4) is 0 Å². The van der Waals surface area contributed by atoms with Gasteiger partial charge in [0.05, 0.1) is 0 Å². The largest absolute Gasteiger partial charge is 0.462 e. The van der Waals surface area contributed by atoms with Crippen LogP contribution >= 0.6 is 0 Å². The molecule has 0 amide bonds. The van der Waals surface area contributed by atoms with E-state index in [1.54, 1.807) is 6.08 Å². The van der Waals surface area contributed by atoms with Gasteiger partial charge in [-0.25, -0.2) is 4.79 Å². The fourth-order valence-corrected chi connectivity index (χ4v) is 8.00. The van der Waals surface area contributed by atoms with Crippen LogP contribution in [0.5, 0.6) is 0 Å². The Morgan fingerprint density at radius 2 is 1.85 bits per heavy atom. The minimum atomic E-state index is -1.34. The van der Waals surface area contributed by atoms with Crippen LogP contribution in [0.15, 0.2) is 34.9 Å². The summed E-state index contributed by atoms with van der Waals surface area (Å²) in [6.07, 6.45) is 5.10. The molecule has 0 aromatic carbocycles. The van der Waals surface area contributed by atoms with Crippen molar-refractivity contribution >= 4 is 23.5 Å². The lowest BCUT2D eigenvalue weighted by Crippen LogP contribution is -2.63. The average Bonchev–Trinajstić information content (AvgIpc) is 3.32. The number of aliphatic hydroxyl groups excluding tert-OH is 1. The number of aliphatic hydroxyl groups is 1. The van der Waals surface area contributed by atoms with Gasteiger partial charge in [0.1, 0.15) is 6.10 Å². The molecular weight excluding hydrogens is 436 g/mol. The van der Waals surface area contributed by atoms with E-state index in [0.717, 1.165) is 5.57 Å². The summed E-state index contributed by atoms with van der Waals surface area (Å²) >= 11 is 0. The van der Waals surface area contributed by atoms with E-state index in [4.69, 9.17) is 9.47 Å². The highest BCUT2D eigenvalue weighted by Gasteiger charge is 2.67. The first-order valence-corrected chi connectivity index (χ1v) is 12.1. The summed E-state index contributed by atoms with van der Waals surface area (Å²) in [6, 6.07) is 0. The van der Waals surface area contributed by atoms with Gasteiger partial charge in [-0.15, -0.1) is 0 Å². The Balaban J connectivity index is 1.68. The molecule has 34 heavy (non-hydrogen) atoms. The molecule has 1 aliphatic heterocycles. The van der Waals surface area contributed by atoms with Crippen LogP contribution in [0.25, 0.3) is 0 Å². The van der Waals surface area contributed by atoms with Crippen molar-refractivity contribution in [2.45, 2.75) is 72.7 Å². The third-order valence-corrected chi connectivity index (χ3v) is 9.65. The lowest BCUT2D eigenvalue weighted by atomic mass is 9.41. The SMILES string of the molecule is CC(=O)OC1CC2C(C)(C)C(=O)C=CC2(C)C2CC(=O)C3=C(CCC3C3=CC(=O)OC3O)C12C. The summed E-state index contributed by atoms with van der Waals surface area (Å²) in [5, 5.41) is 10.3. The number of hydrogen-bond donors (Lipinski definition) is 1. The van der Waals surface area contributed by atoms with E-state index in [9.17, 15) is 24.3 Å². The summed E-state index contributed by atoms with van der Waals surface area (Å²) in [7, 11) is 0. The fraction of sp³-hybridized carbons (Fsp3) is 0.630. The van der Waals surface area contributed by atoms with Crippen molar-refractivity contribution in [1.29, 1.82) is 0 Å². The summed E-state index contributed by atoms with van der Waals surface area (Å²) in [4.78, 5) is 50.5. The highest BCUT2D eigenvalue weighted by molar-refractivity contribution is 6.00. The Bertz CT molecular complexity index is 1110. The number of Topliss-reactive ketones (excluding diaryl/α,β-unsaturated/α-hetero) is 1. The number of esters is 2. The Kier molecular flexibility index (Phi) is 4.94. The van der Waals surface area contributed by atoms with Crippen LogP contribution in [-0.4, -0.2) is 41.0 Å². The molecule has 4 aliphatic carbocycles. The Morgan fingerprint density at radius 1 is 1.15 bits per heavy atom. The molecule has 1 saturated carbocycles. The molecule has 7 nitrogen and oxygen atoms in total. The predicted molar refractivity (Wildman–Crippen MR) is 121 cm³/mol. The van der Waals surface area contributed by atoms with Gasteiger partial charge in [0.2, 0.25) is 6.29 Å². The van der Waals surface area contributed by atoms with Gasteiger partial charge in [-0.2, -0.15) is 0 Å². The first kappa shape index (κ1) is 23.2. The number of allylic oxidation sites excluding steroid dienone is 3. The van der Waals surface area contributed by atoms with E-state index in [-0.39, 0.29) is 41.7 Å². The van der Waals surface area contributed by atoms with E-state index in [1.165, 1.54) is 13.0 Å². The standard InChI is InChI=1S/C27H32O7/c1-13(28)33-21-12-18-25(2,3)20(30)8-9-26(18,4)19-11-17(29)23-14(6-7-16(23)27(19,21)5)15-10-22(31)34-24(15)32/h8-10,14,18-19,21,24,32H,6-7,11-12H2,1-5H3. The van der Waals surface area contributed by atoms with E-state index >= 15 is 0 Å². The lowest BCUT2D eigenvalue weighted by molar-refractivity contribution is -0.181. The van der Waals surface area contributed by atoms with Crippen molar-refractivity contribution in [3.05, 3.63) is 34.9 Å². The number of carbonyl (C=O) groups excluding carboxylic acids is 4. The first-order valence-electron chi connectivity index (χ1n) is 12.1. The lowest BCUT2D eigenvalue weighted by Gasteiger charge is -2.63. The fourth-order valence-electron chi connectivity index (χ4n) is 8.00. The van der Waals surface area contributed by atoms with Gasteiger partial charge in [-0.3, -0.25) is 14.4 Å². The zero-order chi connectivity index (χ0) is 24.8. The van der Waals surface area contributed by atoms with Gasteiger partial charge in [0.25, 0.3) is 0 Å². The second-order valence-corrected chi connectivity index (χ2v) is 11.6. The number of fused-ring (bicyclic) bond motifs is 4. The van der Waals surface area contributed by atoms with Crippen LogP contribution in [-0.2, 0) is 28.7 Å². The molecule has 0 aromatic heterocycles. The smallest absolute Gasteiger partial charge is 0.333 e. The average molecular weight is 469 g/mol. The highest BCUT2D eigenvalue weighted by atomic mass is 16.6. The van der Waals surface area contributed by atoms with Crippen LogP contribution in [0.4, 0.5) is 0 Å². The van der Waals surface area contributed by atoms with Crippen LogP contribution in [0, 0.1) is 34.0 Å². The Morgan fingerprint density at radius 3 is 2.47 bits per heavy atom. The van der Waals surface area contributed by atoms with E-state index in [1.807, 2.05) is 19.9 Å². The van der Waals surface area contributed by atoms with E-state index in [0.29, 0.717) is 30.4 Å². The van der Waals surface area contributed by atoms with Crippen molar-refractivity contribution in [3.63, 3.8) is 0 Å². The quantitative estimate of drug-likeness (QED) is 0.620. The van der Waals surface area contributed by atoms with Crippen LogP contribution < -0.4 is 0 Å². The minimum Gasteiger partial charge on any atom is -0.462 e. The zero-order valence-corrected chi connectivity index (χ0v) is 20.3. The van der Waals surface area contributed by atoms with Crippen molar-refractivity contribution < 1.29 is 33.8 Å². The molecule has 0 bridgehead atoms. The monoisotopic (exact) mass is 468 g/mol. The predicted octanol–water partition coefficient (Wildman–Crippen LogP) is 3.21. The van der Waals surface area contributed by atoms with Crippen LogP contribution in [0.2, 0.25) is 0 Å². The molecule has 1 fully saturated rings. The highest BCUT2D eigenvalue weighted by Crippen LogP contribution is 2.68. The molecule has 0 radical (unpaired) electrons. The molecule has 5 aliphatic rings. The molecule has 7 unspecified atom stereocenters. The maximum absolute atomic E-state index is 13.7. The van der Waals surface area contributed by atoms with Crippen molar-refractivity contribution in [2.24, 2.45) is 34.0 Å². The molecule has 7 heteroatoms. The number of ether oxygens (including phenoxy) is 2. The number of cyclic esters (lactones) is 1. The second-order valence-electron chi connectivity index (χ2n) is 11.6. The van der Waals surface area contributed by atoms with Crippen LogP contribution in [0.1, 0.15) is 60.3 Å². The van der Waals surface area contributed by atoms with Gasteiger partial charge in [0, 0.05) is 47.3 Å².